The Kier molecular flexibility index (Phi) is 2.12. The van der Waals surface area contributed by atoms with Crippen LogP contribution in [0.15, 0.2) is 0 Å². The van der Waals surface area contributed by atoms with E-state index in [-0.39, 0.29) is 4.45 Å². The predicted molar refractivity (Wildman–Crippen MR) is 48.7 cm³/mol. The van der Waals surface area contributed by atoms with Gasteiger partial charge in [0.05, 0.1) is 13.2 Å². The Bertz CT molecular complexity index is 145. The van der Waals surface area contributed by atoms with Crippen molar-refractivity contribution in [1.82, 2.24) is 0 Å². The maximum Gasteiger partial charge on any atom is 0.270 e. The number of rotatable bonds is 0. The molecular formula is C7H12O2S2. The number of ether oxygens (including phenoxy) is 2. The van der Waals surface area contributed by atoms with Crippen LogP contribution in [0.3, 0.4) is 0 Å². The average Bonchev–Trinajstić information content (AvgIpc) is 2.44. The third-order valence-electron chi connectivity index (χ3n) is 1.68. The summed E-state index contributed by atoms with van der Waals surface area (Å²) in [6.07, 6.45) is 0. The van der Waals surface area contributed by atoms with Crippen molar-refractivity contribution in [1.29, 1.82) is 0 Å². The predicted octanol–water partition coefficient (Wildman–Crippen LogP) is 1.90. The van der Waals surface area contributed by atoms with Crippen LogP contribution in [0.4, 0.5) is 0 Å². The second-order valence-electron chi connectivity index (χ2n) is 2.98. The van der Waals surface area contributed by atoms with Gasteiger partial charge in [-0.3, -0.25) is 0 Å². The molecule has 2 heterocycles. The molecule has 64 valence electrons. The lowest BCUT2D eigenvalue weighted by atomic mass is 10.5. The molecule has 11 heavy (non-hydrogen) atoms. The van der Waals surface area contributed by atoms with Crippen LogP contribution in [0.5, 0.6) is 0 Å². The van der Waals surface area contributed by atoms with Crippen LogP contribution >= 0.6 is 23.5 Å². The van der Waals surface area contributed by atoms with Gasteiger partial charge >= 0.3 is 0 Å². The first-order valence-corrected chi connectivity index (χ1v) is 5.60. The van der Waals surface area contributed by atoms with E-state index in [1.54, 1.807) is 23.5 Å². The maximum atomic E-state index is 5.59. The van der Waals surface area contributed by atoms with E-state index in [1.807, 2.05) is 0 Å². The highest BCUT2D eigenvalue weighted by Crippen LogP contribution is 2.52. The van der Waals surface area contributed by atoms with Gasteiger partial charge in [-0.15, -0.1) is 0 Å². The zero-order valence-corrected chi connectivity index (χ0v) is 8.33. The highest BCUT2D eigenvalue weighted by Gasteiger charge is 2.47. The molecular weight excluding hydrogens is 180 g/mol. The highest BCUT2D eigenvalue weighted by atomic mass is 32.2. The van der Waals surface area contributed by atoms with E-state index in [2.05, 4.69) is 13.8 Å². The molecule has 0 N–H and O–H groups in total. The fourth-order valence-corrected chi connectivity index (χ4v) is 4.22. The van der Waals surface area contributed by atoms with Gasteiger partial charge in [-0.05, 0) is 0 Å². The van der Waals surface area contributed by atoms with Crippen molar-refractivity contribution in [2.75, 3.05) is 13.2 Å². The lowest BCUT2D eigenvalue weighted by Crippen LogP contribution is -2.17. The smallest absolute Gasteiger partial charge is 0.270 e. The van der Waals surface area contributed by atoms with E-state index >= 15 is 0 Å². The number of hydrogen-bond donors (Lipinski definition) is 0. The fourth-order valence-electron chi connectivity index (χ4n) is 1.21. The molecule has 0 aromatic carbocycles. The lowest BCUT2D eigenvalue weighted by Gasteiger charge is -2.18. The van der Waals surface area contributed by atoms with Crippen molar-refractivity contribution in [2.24, 2.45) is 0 Å². The average molecular weight is 192 g/mol. The van der Waals surface area contributed by atoms with Gasteiger partial charge in [0.2, 0.25) is 0 Å². The lowest BCUT2D eigenvalue weighted by molar-refractivity contribution is -0.0823. The summed E-state index contributed by atoms with van der Waals surface area (Å²) in [5.74, 6) is 0. The summed E-state index contributed by atoms with van der Waals surface area (Å²) in [4.78, 5) is 0. The maximum absolute atomic E-state index is 5.59. The monoisotopic (exact) mass is 192 g/mol. The molecule has 0 radical (unpaired) electrons. The van der Waals surface area contributed by atoms with Gasteiger partial charge in [0, 0.05) is 10.5 Å². The van der Waals surface area contributed by atoms with E-state index in [4.69, 9.17) is 9.47 Å². The van der Waals surface area contributed by atoms with E-state index in [0.29, 0.717) is 10.5 Å². The molecule has 2 aliphatic rings. The van der Waals surface area contributed by atoms with Crippen molar-refractivity contribution < 1.29 is 9.47 Å². The minimum absolute atomic E-state index is 0.334. The first-order chi connectivity index (χ1) is 5.20. The summed E-state index contributed by atoms with van der Waals surface area (Å²) in [6, 6.07) is 0. The van der Waals surface area contributed by atoms with Gasteiger partial charge in [-0.2, -0.15) is 0 Å². The zero-order chi connectivity index (χ0) is 7.90. The number of hydrogen-bond acceptors (Lipinski definition) is 4. The quantitative estimate of drug-likeness (QED) is 0.583. The molecule has 4 heteroatoms. The second kappa shape index (κ2) is 2.83. The topological polar surface area (TPSA) is 18.5 Å². The van der Waals surface area contributed by atoms with Crippen LogP contribution in [-0.4, -0.2) is 28.2 Å². The Labute approximate surface area is 75.4 Å². The second-order valence-corrected chi connectivity index (χ2v) is 6.39. The minimum Gasteiger partial charge on any atom is -0.332 e. The third-order valence-corrected chi connectivity index (χ3v) is 4.38. The Balaban J connectivity index is 2.02. The molecule has 0 aromatic heterocycles. The van der Waals surface area contributed by atoms with Crippen LogP contribution in [0.1, 0.15) is 13.8 Å². The Morgan fingerprint density at radius 1 is 1.09 bits per heavy atom. The van der Waals surface area contributed by atoms with Crippen molar-refractivity contribution in [3.05, 3.63) is 0 Å². The van der Waals surface area contributed by atoms with Gasteiger partial charge in [0.25, 0.3) is 4.45 Å². The highest BCUT2D eigenvalue weighted by molar-refractivity contribution is 8.18. The molecule has 2 nitrogen and oxygen atoms in total. The van der Waals surface area contributed by atoms with Crippen LogP contribution in [-0.2, 0) is 9.47 Å². The van der Waals surface area contributed by atoms with E-state index in [0.717, 1.165) is 13.2 Å². The van der Waals surface area contributed by atoms with Crippen LogP contribution in [0.2, 0.25) is 0 Å². The Hall–Kier alpha value is 0.620. The molecule has 0 amide bonds. The molecule has 0 aliphatic carbocycles. The van der Waals surface area contributed by atoms with E-state index in [9.17, 15) is 0 Å². The van der Waals surface area contributed by atoms with Gasteiger partial charge < -0.3 is 9.47 Å². The first kappa shape index (κ1) is 8.23. The van der Waals surface area contributed by atoms with Crippen LogP contribution in [0.25, 0.3) is 0 Å². The largest absolute Gasteiger partial charge is 0.332 e. The normalized spacial score (nSPS) is 50.7. The fraction of sp³-hybridized carbons (Fsp3) is 1.00. The van der Waals surface area contributed by atoms with Crippen molar-refractivity contribution in [2.45, 2.75) is 28.8 Å². The zero-order valence-electron chi connectivity index (χ0n) is 6.70. The third kappa shape index (κ3) is 1.54. The van der Waals surface area contributed by atoms with Crippen molar-refractivity contribution in [3.8, 4) is 0 Å². The Morgan fingerprint density at radius 2 is 1.55 bits per heavy atom. The van der Waals surface area contributed by atoms with Gasteiger partial charge in [-0.1, -0.05) is 37.4 Å². The molecule has 2 fully saturated rings. The van der Waals surface area contributed by atoms with Crippen molar-refractivity contribution in [3.63, 3.8) is 0 Å². The van der Waals surface area contributed by atoms with Crippen LogP contribution in [0, 0.1) is 0 Å². The summed E-state index contributed by atoms with van der Waals surface area (Å²) in [6.45, 7) is 5.99. The summed E-state index contributed by atoms with van der Waals surface area (Å²) >= 11 is 3.60. The molecule has 0 aromatic rings. The van der Waals surface area contributed by atoms with Gasteiger partial charge in [0.1, 0.15) is 0 Å². The summed E-state index contributed by atoms with van der Waals surface area (Å²) in [5.41, 5.74) is 0. The first-order valence-electron chi connectivity index (χ1n) is 3.84. The molecule has 1 spiro atoms. The van der Waals surface area contributed by atoms with Crippen molar-refractivity contribution >= 4 is 23.5 Å². The molecule has 2 atom stereocenters. The molecule has 2 rings (SSSR count). The molecule has 0 bridgehead atoms. The standard InChI is InChI=1S/C7H12O2S2/c1-5-3-8-7(10-5)9-4-6(2)11-7/h5-6H,3-4H2,1-2H3. The summed E-state index contributed by atoms with van der Waals surface area (Å²) < 4.78 is 10.8. The molecule has 0 saturated carbocycles. The van der Waals surface area contributed by atoms with Crippen LogP contribution < -0.4 is 0 Å². The van der Waals surface area contributed by atoms with E-state index < -0.39 is 0 Å². The minimum atomic E-state index is -0.334. The molecule has 2 aliphatic heterocycles. The summed E-state index contributed by atoms with van der Waals surface area (Å²) in [5, 5.41) is 1.15. The SMILES string of the molecule is CC1COC2(OCC(C)S2)S1. The van der Waals surface area contributed by atoms with Gasteiger partial charge in [-0.25, -0.2) is 0 Å². The van der Waals surface area contributed by atoms with E-state index in [1.165, 1.54) is 0 Å². The molecule has 2 saturated heterocycles. The number of thioether (sulfide) groups is 2. The summed E-state index contributed by atoms with van der Waals surface area (Å²) in [7, 11) is 0. The molecule has 2 unspecified atom stereocenters. The Morgan fingerprint density at radius 3 is 1.82 bits per heavy atom. The van der Waals surface area contributed by atoms with Gasteiger partial charge in [0.15, 0.2) is 0 Å².